The molecular weight excluding hydrogens is 374 g/mol. The number of anilines is 1. The second-order valence-electron chi connectivity index (χ2n) is 6.18. The second kappa shape index (κ2) is 7.66. The molecule has 0 fully saturated rings. The highest BCUT2D eigenvalue weighted by molar-refractivity contribution is 7.15. The first-order valence-corrected chi connectivity index (χ1v) is 9.08. The number of fused-ring (bicyclic) bond motifs is 1. The maximum atomic E-state index is 12.0. The van der Waals surface area contributed by atoms with E-state index in [0.29, 0.717) is 17.1 Å². The predicted molar refractivity (Wildman–Crippen MR) is 99.0 cm³/mol. The van der Waals surface area contributed by atoms with Gasteiger partial charge < -0.3 is 9.73 Å². The Morgan fingerprint density at radius 1 is 1.41 bits per heavy atom. The Labute approximate surface area is 157 Å². The van der Waals surface area contributed by atoms with Crippen LogP contribution >= 0.6 is 11.3 Å². The van der Waals surface area contributed by atoms with Gasteiger partial charge in [0.25, 0.3) is 5.69 Å². The molecule has 0 bridgehead atoms. The van der Waals surface area contributed by atoms with E-state index in [1.165, 1.54) is 34.1 Å². The standard InChI is InChI=1S/C16H17N5O5S/c1-9(2)14-18-19-15(27-14)17-13(22)4-3-7-20-11-6-5-10(21(24)25)8-12(11)26-16(20)23/h5-6,8-9H,3-4,7H2,1-2H3,(H,17,19,22). The molecule has 2 aromatic heterocycles. The highest BCUT2D eigenvalue weighted by atomic mass is 32.1. The van der Waals surface area contributed by atoms with Crippen molar-refractivity contribution in [2.75, 3.05) is 5.32 Å². The largest absolute Gasteiger partial charge is 0.419 e. The van der Waals surface area contributed by atoms with Crippen molar-refractivity contribution in [3.8, 4) is 0 Å². The summed E-state index contributed by atoms with van der Waals surface area (Å²) in [7, 11) is 0. The zero-order valence-electron chi connectivity index (χ0n) is 14.7. The van der Waals surface area contributed by atoms with Crippen LogP contribution in [0, 0.1) is 10.1 Å². The van der Waals surface area contributed by atoms with Crippen molar-refractivity contribution in [3.63, 3.8) is 0 Å². The quantitative estimate of drug-likeness (QED) is 0.483. The summed E-state index contributed by atoms with van der Waals surface area (Å²) < 4.78 is 6.41. The first-order valence-electron chi connectivity index (χ1n) is 8.26. The Morgan fingerprint density at radius 2 is 2.19 bits per heavy atom. The number of nitrogens with one attached hydrogen (secondary N) is 1. The van der Waals surface area contributed by atoms with Crippen molar-refractivity contribution in [1.82, 2.24) is 14.8 Å². The molecule has 3 aromatic rings. The number of carbonyl (C=O) groups excluding carboxylic acids is 1. The molecule has 27 heavy (non-hydrogen) atoms. The number of carbonyl (C=O) groups is 1. The van der Waals surface area contributed by atoms with Gasteiger partial charge in [-0.05, 0) is 12.5 Å². The van der Waals surface area contributed by atoms with Gasteiger partial charge in [0.1, 0.15) is 5.01 Å². The number of benzene rings is 1. The first-order chi connectivity index (χ1) is 12.8. The fourth-order valence-corrected chi connectivity index (χ4v) is 3.24. The van der Waals surface area contributed by atoms with Gasteiger partial charge in [0.15, 0.2) is 5.58 Å². The normalized spacial score (nSPS) is 11.2. The van der Waals surface area contributed by atoms with E-state index in [9.17, 15) is 19.7 Å². The van der Waals surface area contributed by atoms with Gasteiger partial charge >= 0.3 is 5.76 Å². The van der Waals surface area contributed by atoms with Gasteiger partial charge in [-0.1, -0.05) is 25.2 Å². The molecule has 0 unspecified atom stereocenters. The average Bonchev–Trinajstić information content (AvgIpc) is 3.19. The molecule has 3 rings (SSSR count). The number of non-ortho nitro benzene ring substituents is 1. The number of nitro groups is 1. The van der Waals surface area contributed by atoms with Crippen molar-refractivity contribution >= 4 is 39.2 Å². The van der Waals surface area contributed by atoms with Crippen LogP contribution in [0.1, 0.15) is 37.6 Å². The molecule has 0 saturated carbocycles. The summed E-state index contributed by atoms with van der Waals surface area (Å²) in [6.07, 6.45) is 0.579. The van der Waals surface area contributed by atoms with E-state index in [1.807, 2.05) is 13.8 Å². The molecule has 0 aliphatic carbocycles. The van der Waals surface area contributed by atoms with E-state index in [0.717, 1.165) is 5.01 Å². The van der Waals surface area contributed by atoms with Gasteiger partial charge in [0, 0.05) is 24.9 Å². The van der Waals surface area contributed by atoms with Crippen LogP contribution in [-0.4, -0.2) is 25.6 Å². The summed E-state index contributed by atoms with van der Waals surface area (Å²) in [5.74, 6) is -0.597. The molecular formula is C16H17N5O5S. The van der Waals surface area contributed by atoms with Gasteiger partial charge in [0.2, 0.25) is 11.0 Å². The third-order valence-corrected chi connectivity index (χ3v) is 4.97. The lowest BCUT2D eigenvalue weighted by Gasteiger charge is -2.03. The van der Waals surface area contributed by atoms with Crippen LogP contribution in [0.5, 0.6) is 0 Å². The van der Waals surface area contributed by atoms with Crippen LogP contribution < -0.4 is 11.1 Å². The fraction of sp³-hybridized carbons (Fsp3) is 0.375. The van der Waals surface area contributed by atoms with Crippen molar-refractivity contribution in [1.29, 1.82) is 0 Å². The number of nitrogens with zero attached hydrogens (tertiary/aromatic N) is 4. The molecule has 11 heteroatoms. The SMILES string of the molecule is CC(C)c1nnc(NC(=O)CCCn2c(=O)oc3cc([N+](=O)[O-])ccc32)s1. The van der Waals surface area contributed by atoms with E-state index >= 15 is 0 Å². The van der Waals surface area contributed by atoms with Gasteiger partial charge in [-0.15, -0.1) is 10.2 Å². The summed E-state index contributed by atoms with van der Waals surface area (Å²) in [6.45, 7) is 4.24. The molecule has 2 heterocycles. The monoisotopic (exact) mass is 391 g/mol. The lowest BCUT2D eigenvalue weighted by molar-refractivity contribution is -0.384. The topological polar surface area (TPSA) is 133 Å². The van der Waals surface area contributed by atoms with Crippen LogP contribution in [0.4, 0.5) is 10.8 Å². The van der Waals surface area contributed by atoms with Gasteiger partial charge in [-0.2, -0.15) is 0 Å². The summed E-state index contributed by atoms with van der Waals surface area (Å²) in [6, 6.07) is 3.98. The van der Waals surface area contributed by atoms with E-state index in [2.05, 4.69) is 15.5 Å². The number of amides is 1. The maximum absolute atomic E-state index is 12.0. The zero-order valence-corrected chi connectivity index (χ0v) is 15.5. The minimum absolute atomic E-state index is 0.147. The first kappa shape index (κ1) is 18.7. The van der Waals surface area contributed by atoms with E-state index in [4.69, 9.17) is 4.42 Å². The predicted octanol–water partition coefficient (Wildman–Crippen LogP) is 2.90. The van der Waals surface area contributed by atoms with E-state index in [-0.39, 0.29) is 36.1 Å². The number of hydrogen-bond donors (Lipinski definition) is 1. The summed E-state index contributed by atoms with van der Waals surface area (Å²) in [5.41, 5.74) is 0.450. The number of hydrogen-bond acceptors (Lipinski definition) is 8. The Balaban J connectivity index is 1.61. The van der Waals surface area contributed by atoms with Gasteiger partial charge in [-0.25, -0.2) is 4.79 Å². The molecule has 1 N–H and O–H groups in total. The number of nitro benzene ring substituents is 1. The van der Waals surface area contributed by atoms with Crippen molar-refractivity contribution in [3.05, 3.63) is 43.9 Å². The lowest BCUT2D eigenvalue weighted by Crippen LogP contribution is -2.17. The molecule has 1 amide bonds. The summed E-state index contributed by atoms with van der Waals surface area (Å²) in [5, 5.41) is 22.7. The number of oxazole rings is 1. The second-order valence-corrected chi connectivity index (χ2v) is 7.19. The molecule has 1 aromatic carbocycles. The zero-order chi connectivity index (χ0) is 19.6. The molecule has 0 aliphatic rings. The lowest BCUT2D eigenvalue weighted by atomic mass is 10.2. The molecule has 0 atom stereocenters. The Morgan fingerprint density at radius 3 is 2.85 bits per heavy atom. The van der Waals surface area contributed by atoms with Crippen LogP contribution in [0.3, 0.4) is 0 Å². The Kier molecular flexibility index (Phi) is 5.31. The molecule has 0 saturated heterocycles. The van der Waals surface area contributed by atoms with Crippen LogP contribution in [0.2, 0.25) is 0 Å². The molecule has 0 spiro atoms. The van der Waals surface area contributed by atoms with Crippen LogP contribution in [0.25, 0.3) is 11.1 Å². The average molecular weight is 391 g/mol. The smallest absolute Gasteiger partial charge is 0.407 e. The molecule has 10 nitrogen and oxygen atoms in total. The molecule has 142 valence electrons. The van der Waals surface area contributed by atoms with Gasteiger partial charge in [0.05, 0.1) is 16.5 Å². The van der Waals surface area contributed by atoms with E-state index < -0.39 is 10.7 Å². The van der Waals surface area contributed by atoms with Crippen molar-refractivity contribution in [2.45, 2.75) is 39.2 Å². The number of rotatable bonds is 7. The number of aromatic nitrogens is 3. The van der Waals surface area contributed by atoms with Crippen molar-refractivity contribution in [2.24, 2.45) is 0 Å². The Hall–Kier alpha value is -3.08. The van der Waals surface area contributed by atoms with Gasteiger partial charge in [-0.3, -0.25) is 19.5 Å². The molecule has 0 radical (unpaired) electrons. The summed E-state index contributed by atoms with van der Waals surface area (Å²) in [4.78, 5) is 34.2. The summed E-state index contributed by atoms with van der Waals surface area (Å²) >= 11 is 1.33. The highest BCUT2D eigenvalue weighted by Crippen LogP contribution is 2.23. The third-order valence-electron chi connectivity index (χ3n) is 3.83. The minimum atomic E-state index is -0.614. The van der Waals surface area contributed by atoms with Crippen LogP contribution in [-0.2, 0) is 11.3 Å². The van der Waals surface area contributed by atoms with Crippen LogP contribution in [0.15, 0.2) is 27.4 Å². The number of aryl methyl sites for hydroxylation is 1. The maximum Gasteiger partial charge on any atom is 0.419 e. The van der Waals surface area contributed by atoms with E-state index in [1.54, 1.807) is 0 Å². The fourth-order valence-electron chi connectivity index (χ4n) is 2.48. The molecule has 0 aliphatic heterocycles. The minimum Gasteiger partial charge on any atom is -0.407 e. The third kappa shape index (κ3) is 4.19. The Bertz CT molecular complexity index is 1050. The highest BCUT2D eigenvalue weighted by Gasteiger charge is 2.15. The van der Waals surface area contributed by atoms with Crippen molar-refractivity contribution < 1.29 is 14.1 Å².